The van der Waals surface area contributed by atoms with Crippen LogP contribution in [0.2, 0.25) is 0 Å². The molecule has 2 unspecified atom stereocenters. The lowest BCUT2D eigenvalue weighted by molar-refractivity contribution is 0.128. The highest BCUT2D eigenvalue weighted by molar-refractivity contribution is 4.66. The van der Waals surface area contributed by atoms with Crippen LogP contribution in [0.15, 0.2) is 0 Å². The van der Waals surface area contributed by atoms with Crippen LogP contribution in [0.25, 0.3) is 0 Å². The maximum Gasteiger partial charge on any atom is 0.0490 e. The maximum atomic E-state index is 5.63. The molecule has 2 nitrogen and oxygen atoms in total. The molecule has 0 rings (SSSR count). The van der Waals surface area contributed by atoms with Crippen molar-refractivity contribution >= 4 is 0 Å². The van der Waals surface area contributed by atoms with Crippen LogP contribution in [0, 0.1) is 11.8 Å². The first-order valence-corrected chi connectivity index (χ1v) is 4.45. The maximum absolute atomic E-state index is 5.63. The van der Waals surface area contributed by atoms with Gasteiger partial charge in [0.25, 0.3) is 0 Å². The van der Waals surface area contributed by atoms with Crippen LogP contribution in [0.1, 0.15) is 26.7 Å². The Morgan fingerprint density at radius 1 is 1.45 bits per heavy atom. The van der Waals surface area contributed by atoms with Gasteiger partial charge in [-0.1, -0.05) is 20.3 Å². The summed E-state index contributed by atoms with van der Waals surface area (Å²) < 4.78 is 5.08. The zero-order valence-corrected chi connectivity index (χ0v) is 7.97. The lowest BCUT2D eigenvalue weighted by atomic mass is 9.91. The summed E-state index contributed by atoms with van der Waals surface area (Å²) in [6, 6.07) is 0. The van der Waals surface area contributed by atoms with Gasteiger partial charge in [0.1, 0.15) is 0 Å². The van der Waals surface area contributed by atoms with E-state index in [1.54, 1.807) is 7.11 Å². The Morgan fingerprint density at radius 3 is 2.45 bits per heavy atom. The van der Waals surface area contributed by atoms with E-state index in [1.807, 2.05) is 0 Å². The third-order valence-corrected chi connectivity index (χ3v) is 2.20. The largest absolute Gasteiger partial charge is 0.384 e. The number of ether oxygens (including phenoxy) is 1. The highest BCUT2D eigenvalue weighted by Crippen LogP contribution is 2.15. The standard InChI is InChI=1S/C9H21NO/c1-4-5-9(6-10)8(2)7-11-3/h8-9H,4-7,10H2,1-3H3. The minimum Gasteiger partial charge on any atom is -0.384 e. The highest BCUT2D eigenvalue weighted by Gasteiger charge is 2.13. The Labute approximate surface area is 70.1 Å². The summed E-state index contributed by atoms with van der Waals surface area (Å²) in [6.45, 7) is 6.03. The third kappa shape index (κ3) is 4.38. The van der Waals surface area contributed by atoms with Crippen LogP contribution in [0.4, 0.5) is 0 Å². The van der Waals surface area contributed by atoms with Gasteiger partial charge in [-0.25, -0.2) is 0 Å². The van der Waals surface area contributed by atoms with Gasteiger partial charge in [-0.15, -0.1) is 0 Å². The van der Waals surface area contributed by atoms with Crippen molar-refractivity contribution < 1.29 is 4.74 Å². The van der Waals surface area contributed by atoms with Crippen molar-refractivity contribution in [2.45, 2.75) is 26.7 Å². The fourth-order valence-electron chi connectivity index (χ4n) is 1.40. The van der Waals surface area contributed by atoms with E-state index in [2.05, 4.69) is 13.8 Å². The fourth-order valence-corrected chi connectivity index (χ4v) is 1.40. The topological polar surface area (TPSA) is 35.2 Å². The zero-order valence-electron chi connectivity index (χ0n) is 7.97. The Morgan fingerprint density at radius 2 is 2.09 bits per heavy atom. The van der Waals surface area contributed by atoms with Crippen molar-refractivity contribution in [1.29, 1.82) is 0 Å². The summed E-state index contributed by atoms with van der Waals surface area (Å²) in [5.74, 6) is 1.24. The second kappa shape index (κ2) is 6.62. The van der Waals surface area contributed by atoms with Crippen LogP contribution in [-0.2, 0) is 4.74 Å². The molecule has 0 aromatic rings. The van der Waals surface area contributed by atoms with E-state index in [-0.39, 0.29) is 0 Å². The zero-order chi connectivity index (χ0) is 8.69. The van der Waals surface area contributed by atoms with Crippen molar-refractivity contribution in [2.75, 3.05) is 20.3 Å². The average molecular weight is 159 g/mol. The van der Waals surface area contributed by atoms with Crippen LogP contribution in [0.3, 0.4) is 0 Å². The minimum atomic E-state index is 0.602. The number of methoxy groups -OCH3 is 1. The lowest BCUT2D eigenvalue weighted by Crippen LogP contribution is -2.24. The molecule has 68 valence electrons. The Hall–Kier alpha value is -0.0800. The van der Waals surface area contributed by atoms with E-state index < -0.39 is 0 Å². The smallest absolute Gasteiger partial charge is 0.0490 e. The summed E-state index contributed by atoms with van der Waals surface area (Å²) in [7, 11) is 1.75. The van der Waals surface area contributed by atoms with E-state index in [0.29, 0.717) is 11.8 Å². The molecule has 0 heterocycles. The van der Waals surface area contributed by atoms with Gasteiger partial charge < -0.3 is 10.5 Å². The van der Waals surface area contributed by atoms with E-state index in [0.717, 1.165) is 13.2 Å². The molecule has 0 amide bonds. The molecule has 0 saturated carbocycles. The lowest BCUT2D eigenvalue weighted by Gasteiger charge is -2.20. The van der Waals surface area contributed by atoms with E-state index in [1.165, 1.54) is 12.8 Å². The van der Waals surface area contributed by atoms with Crippen molar-refractivity contribution in [2.24, 2.45) is 17.6 Å². The summed E-state index contributed by atoms with van der Waals surface area (Å²) >= 11 is 0. The molecule has 0 saturated heterocycles. The van der Waals surface area contributed by atoms with Crippen LogP contribution in [0.5, 0.6) is 0 Å². The van der Waals surface area contributed by atoms with E-state index in [9.17, 15) is 0 Å². The van der Waals surface area contributed by atoms with Gasteiger partial charge >= 0.3 is 0 Å². The second-order valence-corrected chi connectivity index (χ2v) is 3.22. The monoisotopic (exact) mass is 159 g/mol. The van der Waals surface area contributed by atoms with Crippen LogP contribution >= 0.6 is 0 Å². The summed E-state index contributed by atoms with van der Waals surface area (Å²) in [4.78, 5) is 0. The van der Waals surface area contributed by atoms with Crippen LogP contribution < -0.4 is 5.73 Å². The van der Waals surface area contributed by atoms with Gasteiger partial charge in [0.15, 0.2) is 0 Å². The molecular weight excluding hydrogens is 138 g/mol. The Bertz CT molecular complexity index is 85.6. The third-order valence-electron chi connectivity index (χ3n) is 2.20. The first-order chi connectivity index (χ1) is 5.26. The average Bonchev–Trinajstić information content (AvgIpc) is 2.00. The molecule has 0 aliphatic carbocycles. The van der Waals surface area contributed by atoms with Gasteiger partial charge in [0.2, 0.25) is 0 Å². The molecule has 0 aliphatic heterocycles. The normalized spacial score (nSPS) is 16.4. The SMILES string of the molecule is CCCC(CN)C(C)COC. The van der Waals surface area contributed by atoms with E-state index >= 15 is 0 Å². The molecule has 0 aromatic carbocycles. The number of hydrogen-bond acceptors (Lipinski definition) is 2. The fraction of sp³-hybridized carbons (Fsp3) is 1.00. The summed E-state index contributed by atoms with van der Waals surface area (Å²) in [6.07, 6.45) is 2.44. The van der Waals surface area contributed by atoms with Crippen molar-refractivity contribution in [1.82, 2.24) is 0 Å². The molecule has 0 aliphatic rings. The molecule has 2 heteroatoms. The van der Waals surface area contributed by atoms with Crippen molar-refractivity contribution in [3.8, 4) is 0 Å². The van der Waals surface area contributed by atoms with Crippen molar-refractivity contribution in [3.63, 3.8) is 0 Å². The van der Waals surface area contributed by atoms with Gasteiger partial charge in [-0.05, 0) is 24.8 Å². The summed E-state index contributed by atoms with van der Waals surface area (Å²) in [5.41, 5.74) is 5.63. The van der Waals surface area contributed by atoms with Gasteiger partial charge in [-0.2, -0.15) is 0 Å². The highest BCUT2D eigenvalue weighted by atomic mass is 16.5. The first kappa shape index (κ1) is 10.9. The first-order valence-electron chi connectivity index (χ1n) is 4.45. The molecule has 0 spiro atoms. The molecule has 0 aromatic heterocycles. The quantitative estimate of drug-likeness (QED) is 0.639. The molecule has 11 heavy (non-hydrogen) atoms. The molecule has 2 N–H and O–H groups in total. The molecule has 0 bridgehead atoms. The number of nitrogens with two attached hydrogens (primary N) is 1. The molecule has 2 atom stereocenters. The molecular formula is C9H21NO. The minimum absolute atomic E-state index is 0.602. The van der Waals surface area contributed by atoms with Gasteiger partial charge in [0.05, 0.1) is 0 Å². The summed E-state index contributed by atoms with van der Waals surface area (Å²) in [5, 5.41) is 0. The number of hydrogen-bond donors (Lipinski definition) is 1. The van der Waals surface area contributed by atoms with Gasteiger partial charge in [0, 0.05) is 13.7 Å². The molecule has 0 radical (unpaired) electrons. The predicted octanol–water partition coefficient (Wildman–Crippen LogP) is 1.64. The van der Waals surface area contributed by atoms with Crippen molar-refractivity contribution in [3.05, 3.63) is 0 Å². The predicted molar refractivity (Wildman–Crippen MR) is 48.5 cm³/mol. The Balaban J connectivity index is 3.61. The second-order valence-electron chi connectivity index (χ2n) is 3.22. The molecule has 0 fully saturated rings. The Kier molecular flexibility index (Phi) is 6.57. The van der Waals surface area contributed by atoms with Crippen LogP contribution in [-0.4, -0.2) is 20.3 Å². The number of rotatable bonds is 6. The van der Waals surface area contributed by atoms with E-state index in [4.69, 9.17) is 10.5 Å². The van der Waals surface area contributed by atoms with Gasteiger partial charge in [-0.3, -0.25) is 0 Å².